The second-order valence-electron chi connectivity index (χ2n) is 7.43. The third-order valence-electron chi connectivity index (χ3n) is 4.88. The average Bonchev–Trinajstić information content (AvgIpc) is 2.84. The van der Waals surface area contributed by atoms with E-state index in [1.165, 1.54) is 24.3 Å². The minimum atomic E-state index is -4.42. The van der Waals surface area contributed by atoms with E-state index in [4.69, 9.17) is 32.2 Å². The van der Waals surface area contributed by atoms with E-state index in [1.54, 1.807) is 72.8 Å². The highest BCUT2D eigenvalue weighted by Gasteiger charge is 2.25. The van der Waals surface area contributed by atoms with Crippen LogP contribution in [0.4, 0.5) is 0 Å². The lowest BCUT2D eigenvalue weighted by molar-refractivity contribution is 0.105. The van der Waals surface area contributed by atoms with E-state index in [-0.39, 0.29) is 17.3 Å². The SMILES string of the molecule is O=C(C(=Cc1ccc(Cl)cc1)c1ccc(Cl)cc1)c1ccc(OP(=O)(O)Oc2ccccc2)cc1. The summed E-state index contributed by atoms with van der Waals surface area (Å²) in [5, 5.41) is 1.15. The molecule has 4 aromatic rings. The number of para-hydroxylation sites is 1. The van der Waals surface area contributed by atoms with Crippen LogP contribution in [0, 0.1) is 0 Å². The van der Waals surface area contributed by atoms with Crippen molar-refractivity contribution in [1.29, 1.82) is 0 Å². The molecule has 0 bridgehead atoms. The number of halogens is 2. The lowest BCUT2D eigenvalue weighted by Crippen LogP contribution is -2.04. The van der Waals surface area contributed by atoms with Gasteiger partial charge in [0.1, 0.15) is 11.5 Å². The van der Waals surface area contributed by atoms with Crippen molar-refractivity contribution >= 4 is 48.5 Å². The molecule has 1 N–H and O–H groups in total. The van der Waals surface area contributed by atoms with Gasteiger partial charge in [0.25, 0.3) is 0 Å². The summed E-state index contributed by atoms with van der Waals surface area (Å²) in [6, 6.07) is 28.2. The fraction of sp³-hybridized carbons (Fsp3) is 0. The molecule has 1 atom stereocenters. The molecule has 35 heavy (non-hydrogen) atoms. The first-order valence-electron chi connectivity index (χ1n) is 10.4. The number of ketones is 1. The molecule has 176 valence electrons. The van der Waals surface area contributed by atoms with E-state index in [0.29, 0.717) is 26.7 Å². The maximum absolute atomic E-state index is 13.4. The van der Waals surface area contributed by atoms with E-state index in [2.05, 4.69) is 0 Å². The Kier molecular flexibility index (Phi) is 7.74. The maximum Gasteiger partial charge on any atom is 0.584 e. The van der Waals surface area contributed by atoms with Gasteiger partial charge in [-0.05, 0) is 77.9 Å². The second kappa shape index (κ2) is 10.9. The van der Waals surface area contributed by atoms with Crippen molar-refractivity contribution in [2.75, 3.05) is 0 Å². The van der Waals surface area contributed by atoms with Gasteiger partial charge < -0.3 is 9.05 Å². The standard InChI is InChI=1S/C27H19Cl2O5P/c28-22-12-6-19(7-13-22)18-26(20-8-14-23(29)15-9-20)27(30)21-10-16-25(17-11-21)34-35(31,32)33-24-4-2-1-3-5-24/h1-18H,(H,31,32). The maximum atomic E-state index is 13.4. The van der Waals surface area contributed by atoms with E-state index in [0.717, 1.165) is 5.56 Å². The van der Waals surface area contributed by atoms with Gasteiger partial charge in [0.05, 0.1) is 0 Å². The van der Waals surface area contributed by atoms with Gasteiger partial charge in [-0.1, -0.05) is 65.7 Å². The summed E-state index contributed by atoms with van der Waals surface area (Å²) in [5.41, 5.74) is 2.29. The number of rotatable bonds is 8. The Bertz CT molecular complexity index is 1380. The van der Waals surface area contributed by atoms with E-state index < -0.39 is 7.82 Å². The molecule has 0 saturated heterocycles. The third-order valence-corrected chi connectivity index (χ3v) is 6.27. The number of allylic oxidation sites excluding steroid dienone is 1. The molecule has 0 amide bonds. The van der Waals surface area contributed by atoms with Crippen LogP contribution in [0.25, 0.3) is 11.6 Å². The zero-order chi connectivity index (χ0) is 24.8. The number of phosphoric acid groups is 1. The topological polar surface area (TPSA) is 72.8 Å². The largest absolute Gasteiger partial charge is 0.584 e. The van der Waals surface area contributed by atoms with Crippen LogP contribution in [0.15, 0.2) is 103 Å². The second-order valence-corrected chi connectivity index (χ2v) is 9.61. The third kappa shape index (κ3) is 6.84. The Morgan fingerprint density at radius 2 is 1.17 bits per heavy atom. The molecule has 1 unspecified atom stereocenters. The smallest absolute Gasteiger partial charge is 0.395 e. The lowest BCUT2D eigenvalue weighted by atomic mass is 9.94. The molecule has 0 aromatic heterocycles. The Balaban J connectivity index is 1.58. The van der Waals surface area contributed by atoms with Crippen molar-refractivity contribution in [3.63, 3.8) is 0 Å². The fourth-order valence-electron chi connectivity index (χ4n) is 3.22. The molecule has 5 nitrogen and oxygen atoms in total. The van der Waals surface area contributed by atoms with Crippen molar-refractivity contribution in [1.82, 2.24) is 0 Å². The Labute approximate surface area is 212 Å². The quantitative estimate of drug-likeness (QED) is 0.109. The highest BCUT2D eigenvalue weighted by Crippen LogP contribution is 2.44. The Morgan fingerprint density at radius 3 is 1.74 bits per heavy atom. The van der Waals surface area contributed by atoms with Gasteiger partial charge in [-0.25, -0.2) is 4.57 Å². The van der Waals surface area contributed by atoms with Crippen LogP contribution in [0.5, 0.6) is 11.5 Å². The molecule has 8 heteroatoms. The summed E-state index contributed by atoms with van der Waals surface area (Å²) in [7, 11) is -4.42. The summed E-state index contributed by atoms with van der Waals surface area (Å²) in [4.78, 5) is 23.5. The van der Waals surface area contributed by atoms with Crippen LogP contribution in [0.2, 0.25) is 10.0 Å². The predicted octanol–water partition coefficient (Wildman–Crippen LogP) is 7.98. The lowest BCUT2D eigenvalue weighted by Gasteiger charge is -2.14. The molecular formula is C27H19Cl2O5P. The first kappa shape index (κ1) is 24.8. The normalized spacial score (nSPS) is 13.1. The molecule has 0 radical (unpaired) electrons. The molecule has 0 saturated carbocycles. The Hall–Kier alpha value is -3.34. The average molecular weight is 525 g/mol. The van der Waals surface area contributed by atoms with Crippen molar-refractivity contribution in [2.45, 2.75) is 0 Å². The summed E-state index contributed by atoms with van der Waals surface area (Å²) in [5.74, 6) is 0.0321. The van der Waals surface area contributed by atoms with Crippen molar-refractivity contribution in [3.8, 4) is 11.5 Å². The highest BCUT2D eigenvalue weighted by molar-refractivity contribution is 7.48. The van der Waals surface area contributed by atoms with Gasteiger partial charge in [-0.15, -0.1) is 0 Å². The summed E-state index contributed by atoms with van der Waals surface area (Å²) in [6.07, 6.45) is 1.77. The predicted molar refractivity (Wildman–Crippen MR) is 139 cm³/mol. The van der Waals surface area contributed by atoms with E-state index in [1.807, 2.05) is 12.1 Å². The van der Waals surface area contributed by atoms with Gasteiger partial charge >= 0.3 is 7.82 Å². The number of phosphoric ester groups is 1. The van der Waals surface area contributed by atoms with Gasteiger partial charge in [0.2, 0.25) is 0 Å². The summed E-state index contributed by atoms with van der Waals surface area (Å²) < 4.78 is 22.5. The number of benzene rings is 4. The summed E-state index contributed by atoms with van der Waals surface area (Å²) in [6.45, 7) is 0. The number of Topliss-reactive ketones (excluding diaryl/α,β-unsaturated/α-hetero) is 1. The molecule has 0 aliphatic heterocycles. The molecule has 0 spiro atoms. The van der Waals surface area contributed by atoms with Gasteiger partial charge in [0, 0.05) is 21.2 Å². The highest BCUT2D eigenvalue weighted by atomic mass is 35.5. The monoisotopic (exact) mass is 524 g/mol. The molecule has 0 aliphatic rings. The first-order valence-corrected chi connectivity index (χ1v) is 12.7. The number of carbonyl (C=O) groups is 1. The van der Waals surface area contributed by atoms with Gasteiger partial charge in [-0.3, -0.25) is 9.69 Å². The Morgan fingerprint density at radius 1 is 0.686 bits per heavy atom. The molecule has 4 aromatic carbocycles. The van der Waals surface area contributed by atoms with Crippen LogP contribution >= 0.6 is 31.0 Å². The number of hydrogen-bond acceptors (Lipinski definition) is 4. The molecular weight excluding hydrogens is 506 g/mol. The zero-order valence-electron chi connectivity index (χ0n) is 18.2. The van der Waals surface area contributed by atoms with Crippen LogP contribution in [-0.2, 0) is 4.57 Å². The fourth-order valence-corrected chi connectivity index (χ4v) is 4.29. The number of carbonyl (C=O) groups excluding carboxylic acids is 1. The van der Waals surface area contributed by atoms with Gasteiger partial charge in [-0.2, -0.15) is 0 Å². The number of hydrogen-bond donors (Lipinski definition) is 1. The van der Waals surface area contributed by atoms with Crippen LogP contribution in [0.3, 0.4) is 0 Å². The zero-order valence-corrected chi connectivity index (χ0v) is 20.6. The van der Waals surface area contributed by atoms with Crippen molar-refractivity contribution in [3.05, 3.63) is 130 Å². The van der Waals surface area contributed by atoms with Crippen molar-refractivity contribution < 1.29 is 23.3 Å². The van der Waals surface area contributed by atoms with E-state index >= 15 is 0 Å². The molecule has 4 rings (SSSR count). The van der Waals surface area contributed by atoms with Crippen LogP contribution in [-0.4, -0.2) is 10.7 Å². The van der Waals surface area contributed by atoms with Gasteiger partial charge in [0.15, 0.2) is 5.78 Å². The first-order chi connectivity index (χ1) is 16.8. The van der Waals surface area contributed by atoms with Crippen molar-refractivity contribution in [2.24, 2.45) is 0 Å². The minimum absolute atomic E-state index is 0.0815. The van der Waals surface area contributed by atoms with Crippen LogP contribution < -0.4 is 9.05 Å². The molecule has 0 heterocycles. The molecule has 0 fully saturated rings. The minimum Gasteiger partial charge on any atom is -0.395 e. The summed E-state index contributed by atoms with van der Waals surface area (Å²) >= 11 is 12.0. The van der Waals surface area contributed by atoms with Crippen LogP contribution in [0.1, 0.15) is 21.5 Å². The molecule has 0 aliphatic carbocycles. The van der Waals surface area contributed by atoms with E-state index in [9.17, 15) is 14.3 Å².